The van der Waals surface area contributed by atoms with Gasteiger partial charge in [-0.1, -0.05) is 58.8 Å². The Morgan fingerprint density at radius 2 is 1.91 bits per heavy atom. The van der Waals surface area contributed by atoms with Gasteiger partial charge in [-0.25, -0.2) is 0 Å². The molecule has 68 valence electrons. The summed E-state index contributed by atoms with van der Waals surface area (Å²) in [6.45, 7) is 11.1. The second-order valence-corrected chi connectivity index (χ2v) is 9.83. The van der Waals surface area contributed by atoms with Crippen molar-refractivity contribution in [2.75, 3.05) is 0 Å². The SMILES string of the molecule is [2H]C(C)(C)C[Si](C)(C)CCCC. The van der Waals surface area contributed by atoms with Gasteiger partial charge in [0.2, 0.25) is 0 Å². The average Bonchev–Trinajstić information content (AvgIpc) is 1.78. The van der Waals surface area contributed by atoms with Gasteiger partial charge >= 0.3 is 0 Å². The summed E-state index contributed by atoms with van der Waals surface area (Å²) in [7, 11) is -1.05. The van der Waals surface area contributed by atoms with Gasteiger partial charge in [-0.3, -0.25) is 0 Å². The summed E-state index contributed by atoms with van der Waals surface area (Å²) in [4.78, 5) is 0. The van der Waals surface area contributed by atoms with E-state index < -0.39 is 8.07 Å². The molecule has 0 aromatic rings. The summed E-state index contributed by atoms with van der Waals surface area (Å²) in [5.41, 5.74) is 0. The molecule has 0 heterocycles. The van der Waals surface area contributed by atoms with Crippen LogP contribution in [0.4, 0.5) is 0 Å². The molecule has 0 bridgehead atoms. The molecule has 0 rings (SSSR count). The zero-order valence-electron chi connectivity index (χ0n) is 9.83. The summed E-state index contributed by atoms with van der Waals surface area (Å²) in [6, 6.07) is 2.53. The predicted molar refractivity (Wildman–Crippen MR) is 56.8 cm³/mol. The summed E-state index contributed by atoms with van der Waals surface area (Å²) >= 11 is 0. The molecular formula is C10H24Si. The average molecular weight is 173 g/mol. The lowest BCUT2D eigenvalue weighted by molar-refractivity contribution is 0.712. The Labute approximate surface area is 74.8 Å². The van der Waals surface area contributed by atoms with Crippen LogP contribution in [0, 0.1) is 5.89 Å². The van der Waals surface area contributed by atoms with E-state index in [2.05, 4.69) is 20.0 Å². The monoisotopic (exact) mass is 173 g/mol. The van der Waals surface area contributed by atoms with Crippen molar-refractivity contribution >= 4 is 8.07 Å². The fourth-order valence-electron chi connectivity index (χ4n) is 1.70. The van der Waals surface area contributed by atoms with E-state index in [1.165, 1.54) is 18.9 Å². The predicted octanol–water partition coefficient (Wildman–Crippen LogP) is 4.15. The highest BCUT2D eigenvalue weighted by atomic mass is 28.3. The molecule has 0 atom stereocenters. The van der Waals surface area contributed by atoms with Crippen LogP contribution in [0.1, 0.15) is 35.0 Å². The Kier molecular flexibility index (Phi) is 4.20. The van der Waals surface area contributed by atoms with Crippen LogP contribution >= 0.6 is 0 Å². The molecule has 0 aliphatic rings. The first-order valence-corrected chi connectivity index (χ1v) is 8.18. The van der Waals surface area contributed by atoms with Crippen molar-refractivity contribution in [2.45, 2.75) is 58.8 Å². The molecule has 1 heteroatoms. The van der Waals surface area contributed by atoms with Gasteiger partial charge < -0.3 is 0 Å². The molecule has 0 saturated heterocycles. The molecule has 0 aromatic heterocycles. The number of rotatable bonds is 5. The minimum Gasteiger partial charge on any atom is -0.0693 e. The molecule has 0 saturated carbocycles. The van der Waals surface area contributed by atoms with E-state index >= 15 is 0 Å². The Morgan fingerprint density at radius 3 is 2.27 bits per heavy atom. The van der Waals surface area contributed by atoms with Crippen molar-refractivity contribution in [2.24, 2.45) is 5.89 Å². The summed E-state index contributed by atoms with van der Waals surface area (Å²) in [6.07, 6.45) is 2.66. The lowest BCUT2D eigenvalue weighted by Gasteiger charge is -2.24. The molecular weight excluding hydrogens is 148 g/mol. The van der Waals surface area contributed by atoms with E-state index in [-0.39, 0.29) is 5.89 Å². The Balaban J connectivity index is 3.86. The van der Waals surface area contributed by atoms with E-state index in [4.69, 9.17) is 1.37 Å². The van der Waals surface area contributed by atoms with Crippen LogP contribution in [0.2, 0.25) is 25.2 Å². The third-order valence-electron chi connectivity index (χ3n) is 2.04. The van der Waals surface area contributed by atoms with E-state index in [9.17, 15) is 0 Å². The third kappa shape index (κ3) is 6.61. The fourth-order valence-corrected chi connectivity index (χ4v) is 5.10. The van der Waals surface area contributed by atoms with Crippen molar-refractivity contribution in [3.8, 4) is 0 Å². The van der Waals surface area contributed by atoms with E-state index in [1.54, 1.807) is 0 Å². The Hall–Kier alpha value is 0.217. The molecule has 0 aliphatic heterocycles. The highest BCUT2D eigenvalue weighted by Crippen LogP contribution is 2.22. The summed E-state index contributed by atoms with van der Waals surface area (Å²) in [5, 5.41) is 0. The van der Waals surface area contributed by atoms with Crippen LogP contribution in [0.15, 0.2) is 0 Å². The first-order valence-electron chi connectivity index (χ1n) is 5.27. The normalized spacial score (nSPS) is 14.8. The van der Waals surface area contributed by atoms with E-state index in [0.29, 0.717) is 0 Å². The largest absolute Gasteiger partial charge is 0.0693 e. The first-order chi connectivity index (χ1) is 5.27. The van der Waals surface area contributed by atoms with Crippen LogP contribution in [0.25, 0.3) is 0 Å². The van der Waals surface area contributed by atoms with Crippen LogP contribution in [-0.2, 0) is 0 Å². The van der Waals surface area contributed by atoms with Gasteiger partial charge in [-0.05, 0) is 5.89 Å². The van der Waals surface area contributed by atoms with Gasteiger partial charge in [0.15, 0.2) is 0 Å². The fraction of sp³-hybridized carbons (Fsp3) is 1.00. The lowest BCUT2D eigenvalue weighted by atomic mass is 10.3. The van der Waals surface area contributed by atoms with Crippen LogP contribution in [-0.4, -0.2) is 8.07 Å². The zero-order chi connectivity index (χ0) is 9.83. The summed E-state index contributed by atoms with van der Waals surface area (Å²) in [5.74, 6) is -0.205. The maximum Gasteiger partial charge on any atom is 0.0476 e. The minimum absolute atomic E-state index is 0.205. The lowest BCUT2D eigenvalue weighted by Crippen LogP contribution is -2.26. The van der Waals surface area contributed by atoms with Crippen molar-refractivity contribution in [3.05, 3.63) is 0 Å². The smallest absolute Gasteiger partial charge is 0.0476 e. The number of unbranched alkanes of at least 4 members (excludes halogenated alkanes) is 1. The highest BCUT2D eigenvalue weighted by molar-refractivity contribution is 6.77. The second kappa shape index (κ2) is 4.97. The van der Waals surface area contributed by atoms with Gasteiger partial charge in [-0.15, -0.1) is 0 Å². The maximum atomic E-state index is 7.86. The van der Waals surface area contributed by atoms with Crippen LogP contribution in [0.3, 0.4) is 0 Å². The van der Waals surface area contributed by atoms with Gasteiger partial charge in [-0.2, -0.15) is 0 Å². The molecule has 0 amide bonds. The van der Waals surface area contributed by atoms with E-state index in [0.717, 1.165) is 6.04 Å². The quantitative estimate of drug-likeness (QED) is 0.548. The maximum absolute atomic E-state index is 7.86. The van der Waals surface area contributed by atoms with E-state index in [1.807, 2.05) is 13.8 Å². The second-order valence-electron chi connectivity index (χ2n) is 4.65. The van der Waals surface area contributed by atoms with Gasteiger partial charge in [0, 0.05) is 9.44 Å². The van der Waals surface area contributed by atoms with Crippen LogP contribution in [0.5, 0.6) is 0 Å². The Bertz CT molecular complexity index is 124. The van der Waals surface area contributed by atoms with Crippen molar-refractivity contribution in [3.63, 3.8) is 0 Å². The number of hydrogen-bond acceptors (Lipinski definition) is 0. The topological polar surface area (TPSA) is 0 Å². The van der Waals surface area contributed by atoms with Crippen LogP contribution < -0.4 is 0 Å². The standard InChI is InChI=1S/C10H24Si/c1-6-7-8-11(4,5)9-10(2)3/h10H,6-9H2,1-5H3/i10D. The minimum atomic E-state index is -1.05. The van der Waals surface area contributed by atoms with Crippen molar-refractivity contribution < 1.29 is 1.37 Å². The van der Waals surface area contributed by atoms with Crippen molar-refractivity contribution in [1.82, 2.24) is 0 Å². The molecule has 11 heavy (non-hydrogen) atoms. The molecule has 0 aromatic carbocycles. The van der Waals surface area contributed by atoms with Gasteiger partial charge in [0.25, 0.3) is 0 Å². The molecule has 0 nitrogen and oxygen atoms in total. The molecule has 0 fully saturated rings. The first kappa shape index (κ1) is 9.31. The number of hydrogen-bond donors (Lipinski definition) is 0. The Morgan fingerprint density at radius 1 is 1.36 bits per heavy atom. The zero-order valence-corrected chi connectivity index (χ0v) is 9.83. The molecule has 0 N–H and O–H groups in total. The highest BCUT2D eigenvalue weighted by Gasteiger charge is 2.20. The molecule has 0 aliphatic carbocycles. The van der Waals surface area contributed by atoms with Crippen molar-refractivity contribution in [1.29, 1.82) is 0 Å². The molecule has 0 radical (unpaired) electrons. The van der Waals surface area contributed by atoms with Gasteiger partial charge in [0.1, 0.15) is 0 Å². The third-order valence-corrected chi connectivity index (χ3v) is 5.41. The molecule has 0 unspecified atom stereocenters. The summed E-state index contributed by atoms with van der Waals surface area (Å²) < 4.78 is 7.86. The molecule has 0 spiro atoms. The van der Waals surface area contributed by atoms with Gasteiger partial charge in [0.05, 0.1) is 0 Å².